The van der Waals surface area contributed by atoms with Gasteiger partial charge in [-0.2, -0.15) is 13.2 Å². The lowest BCUT2D eigenvalue weighted by atomic mass is 9.89. The molecule has 0 bridgehead atoms. The highest BCUT2D eigenvalue weighted by atomic mass is 19.4. The van der Waals surface area contributed by atoms with E-state index in [0.717, 1.165) is 17.7 Å². The summed E-state index contributed by atoms with van der Waals surface area (Å²) in [5, 5.41) is 0. The Kier molecular flexibility index (Phi) is 6.42. The maximum atomic E-state index is 13.5. The number of ether oxygens (including phenoxy) is 3. The first-order valence-electron chi connectivity index (χ1n) is 9.50. The molecule has 0 aliphatic carbocycles. The van der Waals surface area contributed by atoms with Crippen LogP contribution in [0.15, 0.2) is 36.4 Å². The number of benzene rings is 2. The molecule has 2 aromatic rings. The molecule has 31 heavy (non-hydrogen) atoms. The number of rotatable bonds is 5. The van der Waals surface area contributed by atoms with Crippen LogP contribution >= 0.6 is 0 Å². The Morgan fingerprint density at radius 1 is 1.06 bits per heavy atom. The summed E-state index contributed by atoms with van der Waals surface area (Å²) in [6.45, 7) is 0.134. The third-order valence-electron chi connectivity index (χ3n) is 5.31. The van der Waals surface area contributed by atoms with Gasteiger partial charge in [-0.05, 0) is 41.8 Å². The highest BCUT2D eigenvalue weighted by Crippen LogP contribution is 2.41. The Labute approximate surface area is 177 Å². The van der Waals surface area contributed by atoms with Crippen LogP contribution in [-0.4, -0.2) is 44.7 Å². The van der Waals surface area contributed by atoms with Crippen LogP contribution in [-0.2, 0) is 22.1 Å². The van der Waals surface area contributed by atoms with E-state index in [2.05, 4.69) is 0 Å². The van der Waals surface area contributed by atoms with Gasteiger partial charge >= 0.3 is 12.1 Å². The molecule has 2 aromatic carbocycles. The number of alkyl halides is 3. The molecule has 0 spiro atoms. The molecule has 0 radical (unpaired) electrons. The first-order valence-corrected chi connectivity index (χ1v) is 9.50. The molecule has 1 amide bonds. The Morgan fingerprint density at radius 3 is 2.32 bits per heavy atom. The molecule has 1 unspecified atom stereocenters. The van der Waals surface area contributed by atoms with Gasteiger partial charge in [0.15, 0.2) is 11.5 Å². The first-order chi connectivity index (χ1) is 14.7. The number of nitrogens with zero attached hydrogens (tertiary/aromatic N) is 1. The average Bonchev–Trinajstić information content (AvgIpc) is 2.77. The van der Waals surface area contributed by atoms with Gasteiger partial charge in [-0.25, -0.2) is 0 Å². The fourth-order valence-electron chi connectivity index (χ4n) is 3.80. The van der Waals surface area contributed by atoms with Gasteiger partial charge in [0.1, 0.15) is 0 Å². The Morgan fingerprint density at radius 2 is 1.71 bits per heavy atom. The Bertz CT molecular complexity index is 990. The molecule has 1 atom stereocenters. The monoisotopic (exact) mass is 437 g/mol. The number of hydrogen-bond donors (Lipinski definition) is 0. The second kappa shape index (κ2) is 8.87. The quantitative estimate of drug-likeness (QED) is 0.661. The highest BCUT2D eigenvalue weighted by Gasteiger charge is 2.39. The minimum Gasteiger partial charge on any atom is -0.493 e. The van der Waals surface area contributed by atoms with Crippen molar-refractivity contribution in [1.29, 1.82) is 0 Å². The number of methoxy groups -OCH3 is 3. The molecule has 1 heterocycles. The van der Waals surface area contributed by atoms with Gasteiger partial charge in [0.25, 0.3) is 5.91 Å². The van der Waals surface area contributed by atoms with Crippen LogP contribution in [0.5, 0.6) is 11.5 Å². The van der Waals surface area contributed by atoms with Crippen LogP contribution < -0.4 is 9.47 Å². The summed E-state index contributed by atoms with van der Waals surface area (Å²) in [7, 11) is 4.15. The van der Waals surface area contributed by atoms with E-state index in [4.69, 9.17) is 14.2 Å². The molecule has 0 saturated heterocycles. The van der Waals surface area contributed by atoms with Crippen LogP contribution in [0.25, 0.3) is 0 Å². The lowest BCUT2D eigenvalue weighted by molar-refractivity contribution is -0.142. The fraction of sp³-hybridized carbons (Fsp3) is 0.364. The maximum Gasteiger partial charge on any atom is 0.417 e. The second-order valence-electron chi connectivity index (χ2n) is 6.99. The Hall–Kier alpha value is -3.23. The van der Waals surface area contributed by atoms with Crippen LogP contribution in [0.3, 0.4) is 0 Å². The predicted octanol–water partition coefficient (Wildman–Crippen LogP) is 4.03. The molecule has 6 nitrogen and oxygen atoms in total. The van der Waals surface area contributed by atoms with Crippen molar-refractivity contribution in [2.24, 2.45) is 0 Å². The zero-order valence-corrected chi connectivity index (χ0v) is 17.3. The van der Waals surface area contributed by atoms with Gasteiger partial charge in [-0.3, -0.25) is 9.59 Å². The summed E-state index contributed by atoms with van der Waals surface area (Å²) < 4.78 is 55.9. The summed E-state index contributed by atoms with van der Waals surface area (Å²) in [5.41, 5.74) is -0.0597. The van der Waals surface area contributed by atoms with E-state index in [-0.39, 0.29) is 13.0 Å². The SMILES string of the molecule is COC(=O)CC1c2cc(OC)c(OC)cc2CCN1C(=O)c1ccccc1C(F)(F)F. The smallest absolute Gasteiger partial charge is 0.417 e. The van der Waals surface area contributed by atoms with Crippen molar-refractivity contribution in [1.82, 2.24) is 4.90 Å². The molecule has 0 N–H and O–H groups in total. The number of fused-ring (bicyclic) bond motifs is 1. The van der Waals surface area contributed by atoms with Gasteiger partial charge in [0.05, 0.1) is 44.9 Å². The van der Waals surface area contributed by atoms with Gasteiger partial charge in [0.2, 0.25) is 0 Å². The first kappa shape index (κ1) is 22.5. The molecule has 0 fully saturated rings. The van der Waals surface area contributed by atoms with Gasteiger partial charge < -0.3 is 19.1 Å². The minimum absolute atomic E-state index is 0.134. The van der Waals surface area contributed by atoms with Gasteiger partial charge in [-0.15, -0.1) is 0 Å². The third-order valence-corrected chi connectivity index (χ3v) is 5.31. The van der Waals surface area contributed by atoms with Crippen molar-refractivity contribution in [3.05, 3.63) is 58.7 Å². The second-order valence-corrected chi connectivity index (χ2v) is 6.99. The third kappa shape index (κ3) is 4.45. The van der Waals surface area contributed by atoms with E-state index < -0.39 is 35.2 Å². The zero-order valence-electron chi connectivity index (χ0n) is 17.3. The van der Waals surface area contributed by atoms with Crippen LogP contribution in [0.2, 0.25) is 0 Å². The van der Waals surface area contributed by atoms with E-state index in [1.165, 1.54) is 38.4 Å². The van der Waals surface area contributed by atoms with Crippen LogP contribution in [0.4, 0.5) is 13.2 Å². The number of halogens is 3. The van der Waals surface area contributed by atoms with E-state index >= 15 is 0 Å². The van der Waals surface area contributed by atoms with Crippen LogP contribution in [0.1, 0.15) is 39.5 Å². The van der Waals surface area contributed by atoms with Crippen molar-refractivity contribution in [3.63, 3.8) is 0 Å². The number of carbonyl (C=O) groups excluding carboxylic acids is 2. The van der Waals surface area contributed by atoms with Crippen molar-refractivity contribution < 1.29 is 37.0 Å². The lowest BCUT2D eigenvalue weighted by Crippen LogP contribution is -2.41. The van der Waals surface area contributed by atoms with Crippen molar-refractivity contribution >= 4 is 11.9 Å². The van der Waals surface area contributed by atoms with Crippen molar-refractivity contribution in [3.8, 4) is 11.5 Å². The van der Waals surface area contributed by atoms with Gasteiger partial charge in [0, 0.05) is 6.54 Å². The van der Waals surface area contributed by atoms with Crippen molar-refractivity contribution in [2.75, 3.05) is 27.9 Å². The fourth-order valence-corrected chi connectivity index (χ4v) is 3.80. The zero-order chi connectivity index (χ0) is 22.8. The molecule has 0 saturated carbocycles. The topological polar surface area (TPSA) is 65.1 Å². The summed E-state index contributed by atoms with van der Waals surface area (Å²) in [5.74, 6) is -0.516. The predicted molar refractivity (Wildman–Crippen MR) is 105 cm³/mol. The number of carbonyl (C=O) groups is 2. The van der Waals surface area contributed by atoms with E-state index in [1.54, 1.807) is 12.1 Å². The number of hydrogen-bond acceptors (Lipinski definition) is 5. The average molecular weight is 437 g/mol. The molecule has 1 aliphatic heterocycles. The summed E-state index contributed by atoms with van der Waals surface area (Å²) in [6.07, 6.45) is -4.51. The van der Waals surface area contributed by atoms with Crippen LogP contribution in [0, 0.1) is 0 Å². The molecule has 1 aliphatic rings. The normalized spacial score (nSPS) is 15.8. The van der Waals surface area contributed by atoms with E-state index in [9.17, 15) is 22.8 Å². The number of esters is 1. The Balaban J connectivity index is 2.09. The van der Waals surface area contributed by atoms with Gasteiger partial charge in [-0.1, -0.05) is 12.1 Å². The van der Waals surface area contributed by atoms with Crippen molar-refractivity contribution in [2.45, 2.75) is 25.1 Å². The summed E-state index contributed by atoms with van der Waals surface area (Å²) >= 11 is 0. The highest BCUT2D eigenvalue weighted by molar-refractivity contribution is 5.96. The van der Waals surface area contributed by atoms with E-state index in [1.807, 2.05) is 0 Å². The molecular weight excluding hydrogens is 415 g/mol. The number of amides is 1. The standard InChI is InChI=1S/C22H22F3NO5/c1-29-18-10-13-8-9-26(17(12-20(27)31-3)15(13)11-19(18)30-2)21(28)14-6-4-5-7-16(14)22(23,24)25/h4-7,10-11,17H,8-9,12H2,1-3H3. The van der Waals surface area contributed by atoms with E-state index in [0.29, 0.717) is 23.5 Å². The lowest BCUT2D eigenvalue weighted by Gasteiger charge is -2.37. The molecular formula is C22H22F3NO5. The molecule has 9 heteroatoms. The minimum atomic E-state index is -4.69. The molecule has 166 valence electrons. The summed E-state index contributed by atoms with van der Waals surface area (Å²) in [6, 6.07) is 7.21. The summed E-state index contributed by atoms with van der Waals surface area (Å²) in [4.78, 5) is 26.6. The molecule has 0 aromatic heterocycles. The molecule has 3 rings (SSSR count). The maximum absolute atomic E-state index is 13.5. The largest absolute Gasteiger partial charge is 0.493 e.